The highest BCUT2D eigenvalue weighted by atomic mass is 16.3. The first-order valence-corrected chi connectivity index (χ1v) is 3.98. The summed E-state index contributed by atoms with van der Waals surface area (Å²) in [6, 6.07) is 5.83. The van der Waals surface area contributed by atoms with Crippen molar-refractivity contribution in [3.63, 3.8) is 0 Å². The second-order valence-electron chi connectivity index (χ2n) is 2.72. The van der Waals surface area contributed by atoms with Crippen LogP contribution in [0.1, 0.15) is 12.5 Å². The first-order valence-electron chi connectivity index (χ1n) is 3.98. The number of amides is 2. The number of phenols is 1. The summed E-state index contributed by atoms with van der Waals surface area (Å²) in [6.45, 7) is 1.70. The molecule has 0 saturated heterocycles. The van der Waals surface area contributed by atoms with Gasteiger partial charge in [-0.05, 0) is 19.1 Å². The molecular formula is C9H11N3O2. The predicted octanol–water partition coefficient (Wildman–Crippen LogP) is 0.784. The Hall–Kier alpha value is -2.04. The summed E-state index contributed by atoms with van der Waals surface area (Å²) >= 11 is 0. The van der Waals surface area contributed by atoms with Gasteiger partial charge in [0.05, 0.1) is 5.71 Å². The Balaban J connectivity index is 2.83. The molecule has 0 unspecified atom stereocenters. The smallest absolute Gasteiger partial charge is 0.332 e. The second kappa shape index (κ2) is 4.27. The Morgan fingerprint density at radius 3 is 2.86 bits per heavy atom. The number of carbonyl (C=O) groups is 1. The molecule has 1 aromatic carbocycles. The fourth-order valence-electron chi connectivity index (χ4n) is 0.934. The van der Waals surface area contributed by atoms with Gasteiger partial charge in [0, 0.05) is 5.56 Å². The lowest BCUT2D eigenvalue weighted by molar-refractivity contribution is 0.249. The van der Waals surface area contributed by atoms with Gasteiger partial charge in [0.15, 0.2) is 0 Å². The molecular weight excluding hydrogens is 182 g/mol. The van der Waals surface area contributed by atoms with E-state index < -0.39 is 6.03 Å². The van der Waals surface area contributed by atoms with Crippen LogP contribution in [0.3, 0.4) is 0 Å². The van der Waals surface area contributed by atoms with Crippen LogP contribution in [-0.2, 0) is 0 Å². The molecule has 0 aliphatic carbocycles. The zero-order valence-corrected chi connectivity index (χ0v) is 7.69. The second-order valence-corrected chi connectivity index (χ2v) is 2.72. The maximum absolute atomic E-state index is 10.4. The number of primary amides is 1. The number of hydrogen-bond acceptors (Lipinski definition) is 3. The van der Waals surface area contributed by atoms with E-state index in [0.717, 1.165) is 5.56 Å². The molecule has 2 amide bonds. The first-order chi connectivity index (χ1) is 6.59. The first kappa shape index (κ1) is 10.0. The summed E-state index contributed by atoms with van der Waals surface area (Å²) in [5.74, 6) is 0.149. The van der Waals surface area contributed by atoms with Crippen molar-refractivity contribution in [3.8, 4) is 5.75 Å². The molecule has 0 aliphatic heterocycles. The maximum atomic E-state index is 10.4. The zero-order chi connectivity index (χ0) is 10.6. The molecule has 4 N–H and O–H groups in total. The number of nitrogens with zero attached hydrogens (tertiary/aromatic N) is 1. The summed E-state index contributed by atoms with van der Waals surface area (Å²) in [6.07, 6.45) is 0. The number of phenolic OH excluding ortho intramolecular Hbond substituents is 1. The van der Waals surface area contributed by atoms with Crippen LogP contribution in [0.5, 0.6) is 5.75 Å². The lowest BCUT2D eigenvalue weighted by Gasteiger charge is -2.00. The summed E-state index contributed by atoms with van der Waals surface area (Å²) in [7, 11) is 0. The Morgan fingerprint density at radius 2 is 2.29 bits per heavy atom. The third-order valence-electron chi connectivity index (χ3n) is 1.60. The van der Waals surface area contributed by atoms with Crippen LogP contribution in [0.15, 0.2) is 29.4 Å². The van der Waals surface area contributed by atoms with Gasteiger partial charge in [-0.1, -0.05) is 12.1 Å². The normalized spacial score (nSPS) is 11.1. The van der Waals surface area contributed by atoms with E-state index in [2.05, 4.69) is 10.5 Å². The minimum absolute atomic E-state index is 0.149. The van der Waals surface area contributed by atoms with Crippen LogP contribution >= 0.6 is 0 Å². The number of urea groups is 1. The minimum atomic E-state index is -0.718. The van der Waals surface area contributed by atoms with E-state index in [4.69, 9.17) is 5.73 Å². The van der Waals surface area contributed by atoms with Gasteiger partial charge in [0.1, 0.15) is 5.75 Å². The molecule has 0 aliphatic rings. The molecule has 0 radical (unpaired) electrons. The lowest BCUT2D eigenvalue weighted by atomic mass is 10.1. The summed E-state index contributed by atoms with van der Waals surface area (Å²) < 4.78 is 0. The zero-order valence-electron chi connectivity index (χ0n) is 7.69. The molecule has 74 valence electrons. The fraction of sp³-hybridized carbons (Fsp3) is 0.111. The van der Waals surface area contributed by atoms with E-state index in [1.165, 1.54) is 0 Å². The highest BCUT2D eigenvalue weighted by Crippen LogP contribution is 2.11. The van der Waals surface area contributed by atoms with Gasteiger partial charge in [-0.25, -0.2) is 10.2 Å². The SMILES string of the molecule is C/C(=N\NC(N)=O)c1cccc(O)c1. The van der Waals surface area contributed by atoms with Crippen molar-refractivity contribution in [2.24, 2.45) is 10.8 Å². The standard InChI is InChI=1S/C9H11N3O2/c1-6(11-12-9(10)14)7-3-2-4-8(13)5-7/h2-5,13H,1H3,(H3,10,12,14)/b11-6+. The van der Waals surface area contributed by atoms with Crippen molar-refractivity contribution >= 4 is 11.7 Å². The van der Waals surface area contributed by atoms with Gasteiger partial charge < -0.3 is 10.8 Å². The van der Waals surface area contributed by atoms with Crippen LogP contribution in [0.25, 0.3) is 0 Å². The number of hydrogen-bond donors (Lipinski definition) is 3. The van der Waals surface area contributed by atoms with E-state index in [-0.39, 0.29) is 5.75 Å². The van der Waals surface area contributed by atoms with Gasteiger partial charge in [-0.15, -0.1) is 0 Å². The molecule has 0 spiro atoms. The average molecular weight is 193 g/mol. The Bertz CT molecular complexity index is 374. The number of benzene rings is 1. The molecule has 0 fully saturated rings. The van der Waals surface area contributed by atoms with Crippen molar-refractivity contribution in [2.45, 2.75) is 6.92 Å². The number of nitrogens with one attached hydrogen (secondary N) is 1. The fourth-order valence-corrected chi connectivity index (χ4v) is 0.934. The molecule has 5 heteroatoms. The topological polar surface area (TPSA) is 87.7 Å². The number of nitrogens with two attached hydrogens (primary N) is 1. The Labute approximate surface area is 81.2 Å². The van der Waals surface area contributed by atoms with Gasteiger partial charge in [0.25, 0.3) is 0 Å². The lowest BCUT2D eigenvalue weighted by Crippen LogP contribution is -2.25. The largest absolute Gasteiger partial charge is 0.508 e. The van der Waals surface area contributed by atoms with Gasteiger partial charge in [-0.3, -0.25) is 0 Å². The van der Waals surface area contributed by atoms with Gasteiger partial charge in [-0.2, -0.15) is 5.10 Å². The maximum Gasteiger partial charge on any atom is 0.332 e. The van der Waals surface area contributed by atoms with E-state index in [9.17, 15) is 9.90 Å². The van der Waals surface area contributed by atoms with Crippen molar-refractivity contribution in [2.75, 3.05) is 0 Å². The molecule has 0 atom stereocenters. The van der Waals surface area contributed by atoms with E-state index >= 15 is 0 Å². The van der Waals surface area contributed by atoms with Crippen molar-refractivity contribution < 1.29 is 9.90 Å². The summed E-state index contributed by atoms with van der Waals surface area (Å²) in [5, 5.41) is 12.9. The molecule has 1 rings (SSSR count). The predicted molar refractivity (Wildman–Crippen MR) is 53.0 cm³/mol. The average Bonchev–Trinajstić information content (AvgIpc) is 2.14. The van der Waals surface area contributed by atoms with E-state index in [0.29, 0.717) is 5.71 Å². The van der Waals surface area contributed by atoms with Crippen LogP contribution in [0.2, 0.25) is 0 Å². The molecule has 14 heavy (non-hydrogen) atoms. The Morgan fingerprint density at radius 1 is 1.57 bits per heavy atom. The summed E-state index contributed by atoms with van der Waals surface area (Å²) in [4.78, 5) is 10.4. The van der Waals surface area contributed by atoms with Crippen LogP contribution in [-0.4, -0.2) is 16.8 Å². The van der Waals surface area contributed by atoms with E-state index in [1.807, 2.05) is 0 Å². The number of rotatable bonds is 2. The molecule has 0 bridgehead atoms. The monoisotopic (exact) mass is 193 g/mol. The van der Waals surface area contributed by atoms with Crippen molar-refractivity contribution in [3.05, 3.63) is 29.8 Å². The van der Waals surface area contributed by atoms with Gasteiger partial charge in [0.2, 0.25) is 0 Å². The minimum Gasteiger partial charge on any atom is -0.508 e. The highest BCUT2D eigenvalue weighted by molar-refractivity contribution is 5.99. The van der Waals surface area contributed by atoms with Crippen LogP contribution in [0.4, 0.5) is 4.79 Å². The van der Waals surface area contributed by atoms with Gasteiger partial charge >= 0.3 is 6.03 Å². The van der Waals surface area contributed by atoms with Crippen molar-refractivity contribution in [1.29, 1.82) is 0 Å². The number of hydrazone groups is 1. The molecule has 0 aromatic heterocycles. The van der Waals surface area contributed by atoms with Crippen LogP contribution in [0, 0.1) is 0 Å². The molecule has 5 nitrogen and oxygen atoms in total. The molecule has 0 saturated carbocycles. The van der Waals surface area contributed by atoms with E-state index in [1.54, 1.807) is 31.2 Å². The third kappa shape index (κ3) is 2.78. The van der Waals surface area contributed by atoms with Crippen LogP contribution < -0.4 is 11.2 Å². The molecule has 0 heterocycles. The highest BCUT2D eigenvalue weighted by Gasteiger charge is 1.98. The third-order valence-corrected chi connectivity index (χ3v) is 1.60. The summed E-state index contributed by atoms with van der Waals surface area (Å²) in [5.41, 5.74) is 8.24. The molecule has 1 aromatic rings. The number of carbonyl (C=O) groups excluding carboxylic acids is 1. The van der Waals surface area contributed by atoms with Crippen molar-refractivity contribution in [1.82, 2.24) is 5.43 Å². The quantitative estimate of drug-likeness (QED) is 0.478. The Kier molecular flexibility index (Phi) is 3.06. The number of aromatic hydroxyl groups is 1.